The van der Waals surface area contributed by atoms with Crippen LogP contribution in [-0.2, 0) is 4.79 Å². The molecule has 2 heterocycles. The second-order valence-electron chi connectivity index (χ2n) is 8.73. The van der Waals surface area contributed by atoms with Gasteiger partial charge in [-0.05, 0) is 39.7 Å². The number of hydrogen-bond donors (Lipinski definition) is 0. The van der Waals surface area contributed by atoms with E-state index >= 15 is 0 Å². The lowest BCUT2D eigenvalue weighted by atomic mass is 9.95. The zero-order chi connectivity index (χ0) is 22.7. The smallest absolute Gasteiger partial charge is 0.333 e. The maximum absolute atomic E-state index is 13.2. The Balaban J connectivity index is 1.82. The van der Waals surface area contributed by atoms with E-state index in [2.05, 4.69) is 4.90 Å². The van der Waals surface area contributed by atoms with Gasteiger partial charge in [0.1, 0.15) is 5.82 Å². The van der Waals surface area contributed by atoms with Crippen LogP contribution in [0.4, 0.5) is 5.82 Å². The highest BCUT2D eigenvalue weighted by Crippen LogP contribution is 2.24. The Labute approximate surface area is 183 Å². The fraction of sp³-hybridized carbons (Fsp3) is 0.542. The molecule has 0 saturated carbocycles. The molecular weight excluding hydrogens is 392 g/mol. The van der Waals surface area contributed by atoms with E-state index in [4.69, 9.17) is 0 Å². The number of hydrogen-bond acceptors (Lipinski definition) is 4. The number of carbonyl (C=O) groups is 1. The van der Waals surface area contributed by atoms with Gasteiger partial charge in [0.15, 0.2) is 0 Å². The molecule has 31 heavy (non-hydrogen) atoms. The van der Waals surface area contributed by atoms with Crippen molar-refractivity contribution in [3.05, 3.63) is 62.8 Å². The average molecular weight is 427 g/mol. The normalized spacial score (nSPS) is 15.6. The van der Waals surface area contributed by atoms with Crippen LogP contribution in [0.2, 0.25) is 0 Å². The summed E-state index contributed by atoms with van der Waals surface area (Å²) in [6.45, 7) is 11.9. The first-order valence-corrected chi connectivity index (χ1v) is 11.2. The van der Waals surface area contributed by atoms with E-state index < -0.39 is 0 Å². The summed E-state index contributed by atoms with van der Waals surface area (Å²) in [6.07, 6.45) is 0.753. The van der Waals surface area contributed by atoms with Gasteiger partial charge in [-0.15, -0.1) is 0 Å². The van der Waals surface area contributed by atoms with Crippen molar-refractivity contribution >= 4 is 11.7 Å². The Morgan fingerprint density at radius 1 is 0.903 bits per heavy atom. The Morgan fingerprint density at radius 2 is 1.48 bits per heavy atom. The van der Waals surface area contributed by atoms with E-state index in [1.54, 1.807) is 10.6 Å². The van der Waals surface area contributed by atoms with Crippen LogP contribution in [0.5, 0.6) is 0 Å². The molecule has 1 aliphatic rings. The van der Waals surface area contributed by atoms with Gasteiger partial charge in [0.2, 0.25) is 5.91 Å². The average Bonchev–Trinajstić information content (AvgIpc) is 2.74. The van der Waals surface area contributed by atoms with Crippen molar-refractivity contribution in [1.29, 1.82) is 0 Å². The van der Waals surface area contributed by atoms with E-state index in [1.165, 1.54) is 4.57 Å². The maximum atomic E-state index is 13.2. The van der Waals surface area contributed by atoms with Gasteiger partial charge in [-0.3, -0.25) is 18.7 Å². The Hall–Kier alpha value is -2.83. The quantitative estimate of drug-likeness (QED) is 0.712. The largest absolute Gasteiger partial charge is 0.354 e. The lowest BCUT2D eigenvalue weighted by Gasteiger charge is -2.38. The maximum Gasteiger partial charge on any atom is 0.333 e. The molecular formula is C24H34N4O3. The minimum Gasteiger partial charge on any atom is -0.354 e. The van der Waals surface area contributed by atoms with Gasteiger partial charge in [0.25, 0.3) is 5.56 Å². The second kappa shape index (κ2) is 9.54. The van der Waals surface area contributed by atoms with E-state index in [9.17, 15) is 14.4 Å². The summed E-state index contributed by atoms with van der Waals surface area (Å²) in [7, 11) is 0. The van der Waals surface area contributed by atoms with Gasteiger partial charge < -0.3 is 9.80 Å². The third kappa shape index (κ3) is 4.60. The van der Waals surface area contributed by atoms with Crippen LogP contribution >= 0.6 is 0 Å². The van der Waals surface area contributed by atoms with Gasteiger partial charge in [-0.2, -0.15) is 0 Å². The van der Waals surface area contributed by atoms with Crippen molar-refractivity contribution < 1.29 is 4.79 Å². The van der Waals surface area contributed by atoms with Gasteiger partial charge in [0, 0.05) is 44.3 Å². The zero-order valence-corrected chi connectivity index (χ0v) is 19.2. The second-order valence-corrected chi connectivity index (χ2v) is 8.73. The molecule has 7 heteroatoms. The molecule has 168 valence electrons. The summed E-state index contributed by atoms with van der Waals surface area (Å²) in [5.41, 5.74) is 0.491. The van der Waals surface area contributed by atoms with E-state index in [0.29, 0.717) is 32.0 Å². The Morgan fingerprint density at radius 3 is 2.00 bits per heavy atom. The molecule has 1 atom stereocenters. The molecule has 0 spiro atoms. The highest BCUT2D eigenvalue weighted by atomic mass is 16.2. The molecule has 0 N–H and O–H groups in total. The molecule has 7 nitrogen and oxygen atoms in total. The highest BCUT2D eigenvalue weighted by Gasteiger charge is 2.29. The lowest BCUT2D eigenvalue weighted by Crippen LogP contribution is -2.52. The number of carbonyl (C=O) groups excluding carboxylic acids is 1. The number of rotatable bonds is 6. The van der Waals surface area contributed by atoms with Gasteiger partial charge >= 0.3 is 5.69 Å². The van der Waals surface area contributed by atoms with E-state index in [-0.39, 0.29) is 35.2 Å². The van der Waals surface area contributed by atoms with Gasteiger partial charge in [-0.1, -0.05) is 37.3 Å². The number of aromatic nitrogens is 2. The molecule has 0 unspecified atom stereocenters. The first-order valence-electron chi connectivity index (χ1n) is 11.2. The summed E-state index contributed by atoms with van der Waals surface area (Å²) >= 11 is 0. The topological polar surface area (TPSA) is 67.6 Å². The minimum absolute atomic E-state index is 0.0738. The summed E-state index contributed by atoms with van der Waals surface area (Å²) in [5.74, 6) is 0.644. The molecule has 3 rings (SSSR count). The zero-order valence-electron chi connectivity index (χ0n) is 19.2. The minimum atomic E-state index is -0.277. The van der Waals surface area contributed by atoms with Gasteiger partial charge in [-0.25, -0.2) is 4.79 Å². The molecule has 1 aliphatic heterocycles. The van der Waals surface area contributed by atoms with Crippen LogP contribution in [0.1, 0.15) is 64.6 Å². The molecule has 0 aliphatic carbocycles. The molecule has 0 bridgehead atoms. The summed E-state index contributed by atoms with van der Waals surface area (Å²) < 4.78 is 2.99. The van der Waals surface area contributed by atoms with Gasteiger partial charge in [0.05, 0.1) is 5.92 Å². The van der Waals surface area contributed by atoms with Crippen molar-refractivity contribution in [3.63, 3.8) is 0 Å². The highest BCUT2D eigenvalue weighted by molar-refractivity contribution is 5.84. The van der Waals surface area contributed by atoms with E-state index in [1.807, 2.05) is 69.9 Å². The van der Waals surface area contributed by atoms with Crippen molar-refractivity contribution in [2.45, 2.75) is 59.0 Å². The van der Waals surface area contributed by atoms with E-state index in [0.717, 1.165) is 12.0 Å². The summed E-state index contributed by atoms with van der Waals surface area (Å²) in [6, 6.07) is 11.2. The van der Waals surface area contributed by atoms with Crippen molar-refractivity contribution in [2.75, 3.05) is 31.1 Å². The Bertz CT molecular complexity index is 1020. The molecule has 1 saturated heterocycles. The Kier molecular flexibility index (Phi) is 7.03. The fourth-order valence-electron chi connectivity index (χ4n) is 4.38. The van der Waals surface area contributed by atoms with Crippen LogP contribution in [0.3, 0.4) is 0 Å². The molecule has 1 aromatic carbocycles. The van der Waals surface area contributed by atoms with Crippen LogP contribution in [-0.4, -0.2) is 46.1 Å². The fourth-order valence-corrected chi connectivity index (χ4v) is 4.38. The number of piperazine rings is 1. The van der Waals surface area contributed by atoms with Crippen molar-refractivity contribution in [1.82, 2.24) is 14.0 Å². The van der Waals surface area contributed by atoms with Crippen LogP contribution < -0.4 is 16.1 Å². The number of nitrogens with zero attached hydrogens (tertiary/aromatic N) is 4. The summed E-state index contributed by atoms with van der Waals surface area (Å²) in [5, 5.41) is 0. The molecule has 1 fully saturated rings. The first kappa shape index (κ1) is 22.8. The van der Waals surface area contributed by atoms with Crippen LogP contribution in [0.25, 0.3) is 0 Å². The van der Waals surface area contributed by atoms with Crippen LogP contribution in [0.15, 0.2) is 46.0 Å². The number of amides is 1. The number of anilines is 1. The van der Waals surface area contributed by atoms with Crippen LogP contribution in [0, 0.1) is 0 Å². The molecule has 2 aromatic rings. The molecule has 0 radical (unpaired) electrons. The summed E-state index contributed by atoms with van der Waals surface area (Å²) in [4.78, 5) is 42.8. The number of benzene rings is 1. The monoisotopic (exact) mass is 426 g/mol. The molecule has 1 aromatic heterocycles. The lowest BCUT2D eigenvalue weighted by molar-refractivity contribution is -0.133. The van der Waals surface area contributed by atoms with Crippen molar-refractivity contribution in [3.8, 4) is 0 Å². The first-order chi connectivity index (χ1) is 14.8. The third-order valence-corrected chi connectivity index (χ3v) is 6.01. The third-order valence-electron chi connectivity index (χ3n) is 6.01. The molecule has 1 amide bonds. The predicted octanol–water partition coefficient (Wildman–Crippen LogP) is 3.01. The van der Waals surface area contributed by atoms with Crippen molar-refractivity contribution in [2.24, 2.45) is 0 Å². The predicted molar refractivity (Wildman–Crippen MR) is 124 cm³/mol. The SMILES string of the molecule is CC[C@H](C(=O)N1CCN(c2cc(=O)n(C(C)C)c(=O)n2C(C)C)CC1)c1ccccc1. The standard InChI is InChI=1S/C24H34N4O3/c1-6-20(19-10-8-7-9-11-19)23(30)26-14-12-25(13-15-26)21-16-22(29)28(18(4)5)24(31)27(21)17(2)3/h7-11,16-18,20H,6,12-15H2,1-5H3/t20-/m0/s1.